The fourth-order valence-electron chi connectivity index (χ4n) is 1.54. The van der Waals surface area contributed by atoms with Gasteiger partial charge in [0.1, 0.15) is 5.82 Å². The zero-order valence-electron chi connectivity index (χ0n) is 9.06. The van der Waals surface area contributed by atoms with Gasteiger partial charge in [0.15, 0.2) is 0 Å². The highest BCUT2D eigenvalue weighted by atomic mass is 79.9. The Morgan fingerprint density at radius 3 is 2.75 bits per heavy atom. The van der Waals surface area contributed by atoms with Crippen molar-refractivity contribution in [3.63, 3.8) is 0 Å². The molecule has 0 aliphatic carbocycles. The number of halogens is 1. The number of methoxy groups -OCH3 is 1. The summed E-state index contributed by atoms with van der Waals surface area (Å²) >= 11 is 3.42. The van der Waals surface area contributed by atoms with Crippen LogP contribution in [0.2, 0.25) is 0 Å². The van der Waals surface area contributed by atoms with Crippen molar-refractivity contribution in [2.24, 2.45) is 0 Å². The molecule has 0 aliphatic heterocycles. The van der Waals surface area contributed by atoms with E-state index in [1.807, 2.05) is 24.5 Å². The normalized spacial score (nSPS) is 10.6. The fraction of sp³-hybridized carbons (Fsp3) is 0.250. The summed E-state index contributed by atoms with van der Waals surface area (Å²) in [6, 6.07) is 8.14. The Hall–Kier alpha value is -1.13. The molecule has 4 heteroatoms. The van der Waals surface area contributed by atoms with Gasteiger partial charge in [0, 0.05) is 36.1 Å². The van der Waals surface area contributed by atoms with Crippen LogP contribution < -0.4 is 0 Å². The highest BCUT2D eigenvalue weighted by Gasteiger charge is 2.04. The molecule has 1 aromatic carbocycles. The lowest BCUT2D eigenvalue weighted by atomic mass is 10.2. The van der Waals surface area contributed by atoms with Crippen molar-refractivity contribution in [1.29, 1.82) is 0 Å². The topological polar surface area (TPSA) is 27.1 Å². The summed E-state index contributed by atoms with van der Waals surface area (Å²) in [7, 11) is 1.70. The minimum absolute atomic E-state index is 0.694. The third-order valence-corrected chi connectivity index (χ3v) is 2.88. The van der Waals surface area contributed by atoms with E-state index in [4.69, 9.17) is 4.74 Å². The van der Waals surface area contributed by atoms with Gasteiger partial charge in [-0.2, -0.15) is 0 Å². The van der Waals surface area contributed by atoms with Crippen LogP contribution in [-0.4, -0.2) is 23.3 Å². The molecule has 0 N–H and O–H groups in total. The molecular weight excluding hydrogens is 268 g/mol. The van der Waals surface area contributed by atoms with Gasteiger partial charge in [-0.05, 0) is 12.1 Å². The molecular formula is C12H13BrN2O. The van der Waals surface area contributed by atoms with Crippen LogP contribution in [0, 0.1) is 0 Å². The van der Waals surface area contributed by atoms with E-state index in [-0.39, 0.29) is 0 Å². The van der Waals surface area contributed by atoms with Crippen molar-refractivity contribution in [3.05, 3.63) is 41.1 Å². The number of rotatable bonds is 4. The highest BCUT2D eigenvalue weighted by Crippen LogP contribution is 2.20. The van der Waals surface area contributed by atoms with E-state index in [2.05, 4.69) is 37.6 Å². The van der Waals surface area contributed by atoms with Crippen molar-refractivity contribution in [1.82, 2.24) is 9.55 Å². The standard InChI is InChI=1S/C12H13BrN2O/c1-16-9-8-15-7-6-14-12(15)10-2-4-11(13)5-3-10/h2-7H,8-9H2,1H3. The molecule has 0 unspecified atom stereocenters. The molecule has 0 fully saturated rings. The summed E-state index contributed by atoms with van der Waals surface area (Å²) in [4.78, 5) is 4.36. The summed E-state index contributed by atoms with van der Waals surface area (Å²) in [6.07, 6.45) is 3.78. The van der Waals surface area contributed by atoms with Crippen LogP contribution in [0.4, 0.5) is 0 Å². The van der Waals surface area contributed by atoms with Crippen LogP contribution in [0.5, 0.6) is 0 Å². The molecule has 0 saturated carbocycles. The second-order valence-electron chi connectivity index (χ2n) is 3.44. The molecule has 0 saturated heterocycles. The van der Waals surface area contributed by atoms with Gasteiger partial charge < -0.3 is 9.30 Å². The Kier molecular flexibility index (Phi) is 3.74. The van der Waals surface area contributed by atoms with Crippen molar-refractivity contribution in [3.8, 4) is 11.4 Å². The van der Waals surface area contributed by atoms with Gasteiger partial charge in [-0.3, -0.25) is 0 Å². The van der Waals surface area contributed by atoms with Crippen molar-refractivity contribution >= 4 is 15.9 Å². The van der Waals surface area contributed by atoms with Gasteiger partial charge in [-0.15, -0.1) is 0 Å². The summed E-state index contributed by atoms with van der Waals surface area (Å²) in [6.45, 7) is 1.52. The van der Waals surface area contributed by atoms with E-state index < -0.39 is 0 Å². The fourth-order valence-corrected chi connectivity index (χ4v) is 1.80. The lowest BCUT2D eigenvalue weighted by Gasteiger charge is -2.07. The highest BCUT2D eigenvalue weighted by molar-refractivity contribution is 9.10. The molecule has 84 valence electrons. The van der Waals surface area contributed by atoms with Crippen LogP contribution in [0.15, 0.2) is 41.1 Å². The molecule has 1 heterocycles. The SMILES string of the molecule is COCCn1ccnc1-c1ccc(Br)cc1. The Bertz CT molecular complexity index is 450. The molecule has 0 amide bonds. The van der Waals surface area contributed by atoms with E-state index in [9.17, 15) is 0 Å². The first-order valence-corrected chi connectivity index (χ1v) is 5.86. The number of aromatic nitrogens is 2. The third kappa shape index (κ3) is 2.51. The monoisotopic (exact) mass is 280 g/mol. The number of benzene rings is 1. The van der Waals surface area contributed by atoms with Crippen LogP contribution in [0.1, 0.15) is 0 Å². The maximum Gasteiger partial charge on any atom is 0.139 e. The zero-order chi connectivity index (χ0) is 11.4. The average molecular weight is 281 g/mol. The Labute approximate surface area is 103 Å². The predicted molar refractivity (Wildman–Crippen MR) is 67.2 cm³/mol. The summed E-state index contributed by atoms with van der Waals surface area (Å²) < 4.78 is 8.23. The summed E-state index contributed by atoms with van der Waals surface area (Å²) in [5, 5.41) is 0. The van der Waals surface area contributed by atoms with Crippen LogP contribution in [0.3, 0.4) is 0 Å². The van der Waals surface area contributed by atoms with Crippen molar-refractivity contribution in [2.45, 2.75) is 6.54 Å². The molecule has 3 nitrogen and oxygen atoms in total. The van der Waals surface area contributed by atoms with Gasteiger partial charge in [-0.1, -0.05) is 28.1 Å². The number of imidazole rings is 1. The molecule has 0 aliphatic rings. The first-order chi connectivity index (χ1) is 7.81. The molecule has 16 heavy (non-hydrogen) atoms. The van der Waals surface area contributed by atoms with Crippen LogP contribution in [-0.2, 0) is 11.3 Å². The van der Waals surface area contributed by atoms with Gasteiger partial charge in [-0.25, -0.2) is 4.98 Å². The molecule has 0 bridgehead atoms. The second kappa shape index (κ2) is 5.27. The molecule has 2 rings (SSSR count). The van der Waals surface area contributed by atoms with Crippen molar-refractivity contribution in [2.75, 3.05) is 13.7 Å². The number of ether oxygens (including phenoxy) is 1. The minimum atomic E-state index is 0.694. The quantitative estimate of drug-likeness (QED) is 0.861. The molecule has 2 aromatic rings. The van der Waals surface area contributed by atoms with Gasteiger partial charge in [0.25, 0.3) is 0 Å². The minimum Gasteiger partial charge on any atom is -0.383 e. The van der Waals surface area contributed by atoms with E-state index >= 15 is 0 Å². The number of hydrogen-bond donors (Lipinski definition) is 0. The average Bonchev–Trinajstić information content (AvgIpc) is 2.75. The smallest absolute Gasteiger partial charge is 0.139 e. The van der Waals surface area contributed by atoms with E-state index in [0.717, 1.165) is 22.4 Å². The van der Waals surface area contributed by atoms with Crippen molar-refractivity contribution < 1.29 is 4.74 Å². The maximum absolute atomic E-state index is 5.07. The molecule has 0 spiro atoms. The van der Waals surface area contributed by atoms with Crippen LogP contribution in [0.25, 0.3) is 11.4 Å². The third-order valence-electron chi connectivity index (χ3n) is 2.35. The molecule has 0 atom stereocenters. The summed E-state index contributed by atoms with van der Waals surface area (Å²) in [5.41, 5.74) is 1.12. The van der Waals surface area contributed by atoms with Gasteiger partial charge in [0.2, 0.25) is 0 Å². The predicted octanol–water partition coefficient (Wildman–Crippen LogP) is 2.96. The summed E-state index contributed by atoms with van der Waals surface area (Å²) in [5.74, 6) is 0.976. The first-order valence-electron chi connectivity index (χ1n) is 5.07. The second-order valence-corrected chi connectivity index (χ2v) is 4.36. The van der Waals surface area contributed by atoms with E-state index in [0.29, 0.717) is 6.61 Å². The lowest BCUT2D eigenvalue weighted by Crippen LogP contribution is -2.04. The Morgan fingerprint density at radius 1 is 1.31 bits per heavy atom. The van der Waals surface area contributed by atoms with Crippen LogP contribution >= 0.6 is 15.9 Å². The van der Waals surface area contributed by atoms with E-state index in [1.54, 1.807) is 7.11 Å². The van der Waals surface area contributed by atoms with Gasteiger partial charge >= 0.3 is 0 Å². The largest absolute Gasteiger partial charge is 0.383 e. The molecule has 1 aromatic heterocycles. The molecule has 0 radical (unpaired) electrons. The number of hydrogen-bond acceptors (Lipinski definition) is 2. The first kappa shape index (κ1) is 11.4. The lowest BCUT2D eigenvalue weighted by molar-refractivity contribution is 0.187. The Balaban J connectivity index is 2.26. The van der Waals surface area contributed by atoms with E-state index in [1.165, 1.54) is 0 Å². The zero-order valence-corrected chi connectivity index (χ0v) is 10.6. The Morgan fingerprint density at radius 2 is 2.06 bits per heavy atom. The number of nitrogens with zero attached hydrogens (tertiary/aromatic N) is 2. The van der Waals surface area contributed by atoms with Gasteiger partial charge in [0.05, 0.1) is 6.61 Å². The maximum atomic E-state index is 5.07.